The van der Waals surface area contributed by atoms with Crippen LogP contribution in [0.2, 0.25) is 0 Å². The molecule has 1 saturated carbocycles. The minimum absolute atomic E-state index is 0.00376. The first kappa shape index (κ1) is 24.6. The fourth-order valence-electron chi connectivity index (χ4n) is 6.07. The number of fused-ring (bicyclic) bond motifs is 2. The van der Waals surface area contributed by atoms with Crippen molar-refractivity contribution < 1.29 is 4.74 Å². The number of aryl methyl sites for hydroxylation is 1. The smallest absolute Gasteiger partial charge is 0.326 e. The van der Waals surface area contributed by atoms with Crippen LogP contribution in [-0.4, -0.2) is 55.3 Å². The maximum absolute atomic E-state index is 13.2. The molecule has 1 fully saturated rings. The molecule has 0 bridgehead atoms. The molecule has 36 heavy (non-hydrogen) atoms. The molecular weight excluding hydrogens is 452 g/mol. The maximum Gasteiger partial charge on any atom is 0.326 e. The third-order valence-corrected chi connectivity index (χ3v) is 7.76. The number of benzene rings is 1. The Hall–Kier alpha value is -3.13. The van der Waals surface area contributed by atoms with Gasteiger partial charge in [0.05, 0.1) is 18.1 Å². The monoisotopic (exact) mass is 490 g/mol. The Morgan fingerprint density at radius 1 is 1.08 bits per heavy atom. The van der Waals surface area contributed by atoms with Gasteiger partial charge in [-0.25, -0.2) is 14.3 Å². The summed E-state index contributed by atoms with van der Waals surface area (Å²) in [5, 5.41) is 4.31. The van der Waals surface area contributed by atoms with E-state index in [1.54, 1.807) is 11.6 Å². The molecule has 8 nitrogen and oxygen atoms in total. The zero-order chi connectivity index (χ0) is 25.2. The van der Waals surface area contributed by atoms with Crippen LogP contribution in [0.1, 0.15) is 70.9 Å². The number of rotatable bonds is 9. The largest absolute Gasteiger partial charge is 0.493 e. The van der Waals surface area contributed by atoms with Crippen LogP contribution < -0.4 is 10.4 Å². The molecule has 0 atom stereocenters. The normalized spacial score (nSPS) is 18.5. The highest BCUT2D eigenvalue weighted by molar-refractivity contribution is 5.85. The quantitative estimate of drug-likeness (QED) is 0.348. The van der Waals surface area contributed by atoms with Gasteiger partial charge < -0.3 is 14.6 Å². The fraction of sp³-hybridized carbons (Fsp3) is 0.536. The average Bonchev–Trinajstić information content (AvgIpc) is 3.50. The predicted molar refractivity (Wildman–Crippen MR) is 144 cm³/mol. The summed E-state index contributed by atoms with van der Waals surface area (Å²) in [5.41, 5.74) is 5.84. The second kappa shape index (κ2) is 10.5. The van der Waals surface area contributed by atoms with Crippen LogP contribution in [-0.2, 0) is 6.42 Å². The Morgan fingerprint density at radius 3 is 2.50 bits per heavy atom. The van der Waals surface area contributed by atoms with E-state index in [2.05, 4.69) is 52.9 Å². The lowest BCUT2D eigenvalue weighted by molar-refractivity contribution is 0.138. The van der Waals surface area contributed by atoms with Crippen LogP contribution in [0.4, 0.5) is 0 Å². The van der Waals surface area contributed by atoms with Gasteiger partial charge in [0.1, 0.15) is 6.33 Å². The van der Waals surface area contributed by atoms with Crippen molar-refractivity contribution in [3.05, 3.63) is 46.8 Å². The maximum atomic E-state index is 13.2. The number of pyridine rings is 1. The molecule has 0 aliphatic heterocycles. The Morgan fingerprint density at radius 2 is 1.83 bits per heavy atom. The van der Waals surface area contributed by atoms with Crippen molar-refractivity contribution in [2.24, 2.45) is 0 Å². The number of aromatic amines is 1. The standard InChI is InChI=1S/C28H38N6O2/c1-5-12-32(13-6-2)21-8-10-22(11-9-21)34-25-14-19(7-3)23(16-24(25)31-28(34)35)20-15-26(36-4)27-29-18-30-33(27)17-20/h14-18,21-22H,5-13H2,1-4H3,(H,31,35). The number of methoxy groups -OCH3 is 1. The number of hydrogen-bond donors (Lipinski definition) is 1. The van der Waals surface area contributed by atoms with E-state index in [-0.39, 0.29) is 11.7 Å². The van der Waals surface area contributed by atoms with Gasteiger partial charge in [-0.2, -0.15) is 5.10 Å². The second-order valence-corrected chi connectivity index (χ2v) is 10.0. The van der Waals surface area contributed by atoms with E-state index in [1.165, 1.54) is 37.8 Å². The molecule has 3 aromatic heterocycles. The van der Waals surface area contributed by atoms with Crippen LogP contribution in [0.5, 0.6) is 5.75 Å². The first-order valence-corrected chi connectivity index (χ1v) is 13.5. The number of nitrogens with zero attached hydrogens (tertiary/aromatic N) is 5. The number of hydrogen-bond acceptors (Lipinski definition) is 5. The first-order valence-electron chi connectivity index (χ1n) is 13.5. The molecule has 8 heteroatoms. The molecule has 0 unspecified atom stereocenters. The summed E-state index contributed by atoms with van der Waals surface area (Å²) in [6.07, 6.45) is 11.1. The number of nitrogens with one attached hydrogen (secondary N) is 1. The zero-order valence-electron chi connectivity index (χ0n) is 22.0. The average molecular weight is 491 g/mol. The van der Waals surface area contributed by atoms with Gasteiger partial charge in [-0.1, -0.05) is 20.8 Å². The van der Waals surface area contributed by atoms with Crippen molar-refractivity contribution in [1.82, 2.24) is 29.0 Å². The van der Waals surface area contributed by atoms with Crippen molar-refractivity contribution in [2.75, 3.05) is 20.2 Å². The van der Waals surface area contributed by atoms with E-state index >= 15 is 0 Å². The Labute approximate surface area is 212 Å². The van der Waals surface area contributed by atoms with Gasteiger partial charge >= 0.3 is 5.69 Å². The SMILES string of the molecule is CCCN(CCC)C1CCC(n2c(=O)[nH]c3cc(-c4cc(OC)c5ncnn5c4)c(CC)cc32)CC1. The Balaban J connectivity index is 1.48. The Kier molecular flexibility index (Phi) is 7.14. The molecule has 1 aliphatic carbocycles. The van der Waals surface area contributed by atoms with E-state index in [4.69, 9.17) is 4.74 Å². The second-order valence-electron chi connectivity index (χ2n) is 10.0. The van der Waals surface area contributed by atoms with Crippen LogP contribution in [0.15, 0.2) is 35.5 Å². The molecule has 5 rings (SSSR count). The van der Waals surface area contributed by atoms with Gasteiger partial charge in [0.25, 0.3) is 0 Å². The summed E-state index contributed by atoms with van der Waals surface area (Å²) in [6.45, 7) is 9.03. The van der Waals surface area contributed by atoms with Crippen LogP contribution in [0.25, 0.3) is 27.8 Å². The van der Waals surface area contributed by atoms with E-state index in [0.717, 1.165) is 54.3 Å². The molecule has 192 valence electrons. The molecule has 1 aliphatic rings. The van der Waals surface area contributed by atoms with E-state index < -0.39 is 0 Å². The van der Waals surface area contributed by atoms with Gasteiger partial charge in [-0.15, -0.1) is 0 Å². The minimum Gasteiger partial charge on any atom is -0.493 e. The minimum atomic E-state index is -0.00376. The highest BCUT2D eigenvalue weighted by Crippen LogP contribution is 2.35. The van der Waals surface area contributed by atoms with Crippen molar-refractivity contribution in [2.45, 2.75) is 77.8 Å². The highest BCUT2D eigenvalue weighted by Gasteiger charge is 2.28. The summed E-state index contributed by atoms with van der Waals surface area (Å²) in [5.74, 6) is 0.676. The molecule has 1 N–H and O–H groups in total. The third-order valence-electron chi connectivity index (χ3n) is 7.76. The van der Waals surface area contributed by atoms with E-state index in [0.29, 0.717) is 17.4 Å². The van der Waals surface area contributed by atoms with Gasteiger partial charge in [-0.05, 0) is 87.4 Å². The van der Waals surface area contributed by atoms with E-state index in [1.807, 2.05) is 16.8 Å². The molecule has 4 aromatic rings. The van der Waals surface area contributed by atoms with Gasteiger partial charge in [-0.3, -0.25) is 4.57 Å². The lowest BCUT2D eigenvalue weighted by Crippen LogP contribution is -2.40. The summed E-state index contributed by atoms with van der Waals surface area (Å²) in [4.78, 5) is 23.3. The summed E-state index contributed by atoms with van der Waals surface area (Å²) >= 11 is 0. The fourth-order valence-corrected chi connectivity index (χ4v) is 6.07. The van der Waals surface area contributed by atoms with Gasteiger partial charge in [0, 0.05) is 23.8 Å². The molecule has 0 radical (unpaired) electrons. The summed E-state index contributed by atoms with van der Waals surface area (Å²) in [7, 11) is 1.65. The predicted octanol–water partition coefficient (Wildman–Crippen LogP) is 5.22. The van der Waals surface area contributed by atoms with Crippen molar-refractivity contribution in [1.29, 1.82) is 0 Å². The summed E-state index contributed by atoms with van der Waals surface area (Å²) < 4.78 is 9.35. The zero-order valence-corrected chi connectivity index (χ0v) is 22.0. The number of aromatic nitrogens is 5. The van der Waals surface area contributed by atoms with Gasteiger partial charge in [0.15, 0.2) is 11.4 Å². The number of H-pyrrole nitrogens is 1. The van der Waals surface area contributed by atoms with Crippen LogP contribution >= 0.6 is 0 Å². The number of imidazole rings is 1. The lowest BCUT2D eigenvalue weighted by atomic mass is 9.89. The van der Waals surface area contributed by atoms with Crippen LogP contribution in [0.3, 0.4) is 0 Å². The molecule has 3 heterocycles. The lowest BCUT2D eigenvalue weighted by Gasteiger charge is -2.37. The number of ether oxygens (including phenoxy) is 1. The molecule has 0 saturated heterocycles. The van der Waals surface area contributed by atoms with Gasteiger partial charge in [0.2, 0.25) is 0 Å². The Bertz CT molecular complexity index is 1390. The van der Waals surface area contributed by atoms with Crippen LogP contribution in [0, 0.1) is 0 Å². The van der Waals surface area contributed by atoms with E-state index in [9.17, 15) is 4.79 Å². The van der Waals surface area contributed by atoms with Crippen molar-refractivity contribution in [3.8, 4) is 16.9 Å². The summed E-state index contributed by atoms with van der Waals surface area (Å²) in [6, 6.07) is 7.20. The molecule has 0 amide bonds. The van der Waals surface area contributed by atoms with Crippen molar-refractivity contribution in [3.63, 3.8) is 0 Å². The molecule has 0 spiro atoms. The molecule has 1 aromatic carbocycles. The topological polar surface area (TPSA) is 80.5 Å². The van der Waals surface area contributed by atoms with Crippen molar-refractivity contribution >= 4 is 16.7 Å². The highest BCUT2D eigenvalue weighted by atomic mass is 16.5. The third kappa shape index (κ3) is 4.43. The molecular formula is C28H38N6O2. The first-order chi connectivity index (χ1) is 17.6.